The molecule has 5 nitrogen and oxygen atoms in total. The Hall–Kier alpha value is -1.88. The average molecular weight is 416 g/mol. The van der Waals surface area contributed by atoms with Crippen LogP contribution in [0.2, 0.25) is 0 Å². The van der Waals surface area contributed by atoms with Gasteiger partial charge in [-0.2, -0.15) is 0 Å². The fraction of sp³-hybridized carbons (Fsp3) is 0.680. The predicted octanol–water partition coefficient (Wildman–Crippen LogP) is 5.85. The van der Waals surface area contributed by atoms with E-state index < -0.39 is 0 Å². The molecule has 0 bridgehead atoms. The maximum atomic E-state index is 12.2. The van der Waals surface area contributed by atoms with E-state index in [0.29, 0.717) is 6.42 Å². The van der Waals surface area contributed by atoms with E-state index in [1.54, 1.807) is 7.05 Å². The molecule has 0 saturated heterocycles. The summed E-state index contributed by atoms with van der Waals surface area (Å²) in [7, 11) is 1.71. The minimum Gasteiger partial charge on any atom is -0.381 e. The van der Waals surface area contributed by atoms with Crippen LogP contribution in [0.4, 0.5) is 5.69 Å². The van der Waals surface area contributed by atoms with E-state index >= 15 is 0 Å². The standard InChI is InChI=1S/C25H41N3O2/c1-3-23(19-26)25(29)28(2)27-24-16-14-21(15-17-24)11-7-4-5-10-18-30-20-22-12-8-6-9-13-22/h14-17,19,22-23,26-27H,3-13,18,20H2,1-2H3. The van der Waals surface area contributed by atoms with Crippen LogP contribution in [0.1, 0.15) is 76.7 Å². The quantitative estimate of drug-likeness (QED) is 0.228. The Kier molecular flexibility index (Phi) is 11.5. The van der Waals surface area contributed by atoms with Crippen molar-refractivity contribution in [3.8, 4) is 0 Å². The topological polar surface area (TPSA) is 65.4 Å². The van der Waals surface area contributed by atoms with Crippen LogP contribution < -0.4 is 5.43 Å². The fourth-order valence-corrected chi connectivity index (χ4v) is 4.10. The molecule has 2 N–H and O–H groups in total. The first-order valence-corrected chi connectivity index (χ1v) is 11.9. The summed E-state index contributed by atoms with van der Waals surface area (Å²) in [6.07, 6.45) is 14.7. The third kappa shape index (κ3) is 8.86. The second-order valence-electron chi connectivity index (χ2n) is 8.63. The van der Waals surface area contributed by atoms with E-state index in [1.807, 2.05) is 19.1 Å². The Morgan fingerprint density at radius 2 is 1.87 bits per heavy atom. The minimum atomic E-state index is -0.362. The van der Waals surface area contributed by atoms with Crippen LogP contribution in [0.5, 0.6) is 0 Å². The molecule has 168 valence electrons. The van der Waals surface area contributed by atoms with Crippen LogP contribution in [-0.4, -0.2) is 37.4 Å². The van der Waals surface area contributed by atoms with E-state index in [9.17, 15) is 4.79 Å². The minimum absolute atomic E-state index is 0.0840. The van der Waals surface area contributed by atoms with E-state index in [4.69, 9.17) is 10.1 Å². The van der Waals surface area contributed by atoms with Crippen molar-refractivity contribution in [2.45, 2.75) is 77.6 Å². The lowest BCUT2D eigenvalue weighted by molar-refractivity contribution is -0.130. The molecule has 1 amide bonds. The van der Waals surface area contributed by atoms with Gasteiger partial charge in [-0.15, -0.1) is 0 Å². The zero-order chi connectivity index (χ0) is 21.6. The molecule has 1 aliphatic carbocycles. The number of anilines is 1. The van der Waals surface area contributed by atoms with Gasteiger partial charge in [0.25, 0.3) is 0 Å². The number of nitrogens with zero attached hydrogens (tertiary/aromatic N) is 1. The molecule has 1 saturated carbocycles. The molecule has 0 aliphatic heterocycles. The summed E-state index contributed by atoms with van der Waals surface area (Å²) in [6, 6.07) is 8.29. The van der Waals surface area contributed by atoms with Gasteiger partial charge in [-0.05, 0) is 62.1 Å². The van der Waals surface area contributed by atoms with Gasteiger partial charge in [0, 0.05) is 26.5 Å². The van der Waals surface area contributed by atoms with Crippen molar-refractivity contribution in [2.24, 2.45) is 11.8 Å². The molecule has 1 fully saturated rings. The molecule has 30 heavy (non-hydrogen) atoms. The maximum absolute atomic E-state index is 12.2. The van der Waals surface area contributed by atoms with Gasteiger partial charge in [0.1, 0.15) is 0 Å². The molecule has 0 heterocycles. The second kappa shape index (κ2) is 14.2. The zero-order valence-electron chi connectivity index (χ0n) is 19.0. The number of carbonyl (C=O) groups excluding carboxylic acids is 1. The first-order chi connectivity index (χ1) is 14.6. The number of hydrazine groups is 1. The van der Waals surface area contributed by atoms with Gasteiger partial charge in [0.2, 0.25) is 5.91 Å². The number of ether oxygens (including phenoxy) is 1. The van der Waals surface area contributed by atoms with E-state index in [2.05, 4.69) is 17.6 Å². The summed E-state index contributed by atoms with van der Waals surface area (Å²) < 4.78 is 5.88. The van der Waals surface area contributed by atoms with Crippen LogP contribution >= 0.6 is 0 Å². The molecule has 0 spiro atoms. The fourth-order valence-electron chi connectivity index (χ4n) is 4.10. The largest absolute Gasteiger partial charge is 0.381 e. The number of amides is 1. The Bertz CT molecular complexity index is 611. The Labute approximate surface area is 183 Å². The second-order valence-corrected chi connectivity index (χ2v) is 8.63. The number of nitrogens with one attached hydrogen (secondary N) is 2. The number of rotatable bonds is 14. The van der Waals surface area contributed by atoms with Gasteiger partial charge < -0.3 is 10.1 Å². The lowest BCUT2D eigenvalue weighted by Crippen LogP contribution is -2.37. The summed E-state index contributed by atoms with van der Waals surface area (Å²) >= 11 is 0. The SMILES string of the molecule is CCC(C=N)C(=O)N(C)Nc1ccc(CCCCCCOCC2CCCCC2)cc1. The molecule has 0 aromatic heterocycles. The van der Waals surface area contributed by atoms with Gasteiger partial charge in [-0.1, -0.05) is 51.2 Å². The van der Waals surface area contributed by atoms with Crippen molar-refractivity contribution in [3.05, 3.63) is 29.8 Å². The molecular weight excluding hydrogens is 374 g/mol. The highest BCUT2D eigenvalue weighted by Crippen LogP contribution is 2.23. The van der Waals surface area contributed by atoms with Crippen LogP contribution in [0.25, 0.3) is 0 Å². The zero-order valence-corrected chi connectivity index (χ0v) is 19.0. The van der Waals surface area contributed by atoms with Crippen molar-refractivity contribution in [2.75, 3.05) is 25.7 Å². The Balaban J connectivity index is 1.55. The molecule has 1 atom stereocenters. The van der Waals surface area contributed by atoms with Crippen LogP contribution in [0.3, 0.4) is 0 Å². The number of aryl methyl sites for hydroxylation is 1. The van der Waals surface area contributed by atoms with E-state index in [-0.39, 0.29) is 11.8 Å². The van der Waals surface area contributed by atoms with E-state index in [1.165, 1.54) is 74.6 Å². The molecular formula is C25H41N3O2. The summed E-state index contributed by atoms with van der Waals surface area (Å²) in [5.41, 5.74) is 5.32. The lowest BCUT2D eigenvalue weighted by atomic mass is 9.90. The number of carbonyl (C=O) groups is 1. The van der Waals surface area contributed by atoms with Crippen molar-refractivity contribution in [1.29, 1.82) is 5.41 Å². The Morgan fingerprint density at radius 3 is 2.53 bits per heavy atom. The first-order valence-electron chi connectivity index (χ1n) is 11.9. The highest BCUT2D eigenvalue weighted by atomic mass is 16.5. The van der Waals surface area contributed by atoms with E-state index in [0.717, 1.165) is 31.2 Å². The van der Waals surface area contributed by atoms with Crippen molar-refractivity contribution >= 4 is 17.8 Å². The molecule has 2 rings (SSSR count). The third-order valence-electron chi connectivity index (χ3n) is 6.12. The van der Waals surface area contributed by atoms with Crippen LogP contribution in [0, 0.1) is 17.2 Å². The van der Waals surface area contributed by atoms with Crippen LogP contribution in [0.15, 0.2) is 24.3 Å². The highest BCUT2D eigenvalue weighted by Gasteiger charge is 2.18. The summed E-state index contributed by atoms with van der Waals surface area (Å²) in [6.45, 7) is 3.81. The molecule has 0 radical (unpaired) electrons. The molecule has 1 aromatic rings. The smallest absolute Gasteiger partial charge is 0.249 e. The molecule has 1 aliphatic rings. The normalized spacial score (nSPS) is 15.5. The van der Waals surface area contributed by atoms with Crippen molar-refractivity contribution in [3.63, 3.8) is 0 Å². The molecule has 1 aromatic carbocycles. The summed E-state index contributed by atoms with van der Waals surface area (Å²) in [4.78, 5) is 12.2. The Morgan fingerprint density at radius 1 is 1.17 bits per heavy atom. The third-order valence-corrected chi connectivity index (χ3v) is 6.12. The summed E-state index contributed by atoms with van der Waals surface area (Å²) in [5, 5.41) is 8.83. The molecule has 1 unspecified atom stereocenters. The lowest BCUT2D eigenvalue weighted by Gasteiger charge is -2.22. The monoisotopic (exact) mass is 415 g/mol. The van der Waals surface area contributed by atoms with Gasteiger partial charge in [0.15, 0.2) is 0 Å². The van der Waals surface area contributed by atoms with Crippen LogP contribution in [-0.2, 0) is 16.0 Å². The highest BCUT2D eigenvalue weighted by molar-refractivity contribution is 5.92. The first kappa shape index (κ1) is 24.4. The number of benzene rings is 1. The van der Waals surface area contributed by atoms with Gasteiger partial charge in [-0.25, -0.2) is 0 Å². The number of hydrogen-bond acceptors (Lipinski definition) is 4. The molecule has 5 heteroatoms. The van der Waals surface area contributed by atoms with Gasteiger partial charge in [0.05, 0.1) is 11.6 Å². The van der Waals surface area contributed by atoms with Gasteiger partial charge >= 0.3 is 0 Å². The van der Waals surface area contributed by atoms with Gasteiger partial charge in [-0.3, -0.25) is 15.2 Å². The number of hydrogen-bond donors (Lipinski definition) is 2. The predicted molar refractivity (Wildman–Crippen MR) is 125 cm³/mol. The number of unbranched alkanes of at least 4 members (excludes halogenated alkanes) is 3. The summed E-state index contributed by atoms with van der Waals surface area (Å²) in [5.74, 6) is 0.372. The average Bonchev–Trinajstić information content (AvgIpc) is 2.78. The van der Waals surface area contributed by atoms with Crippen molar-refractivity contribution in [1.82, 2.24) is 5.01 Å². The van der Waals surface area contributed by atoms with Crippen molar-refractivity contribution < 1.29 is 9.53 Å². The maximum Gasteiger partial charge on any atom is 0.249 e.